The van der Waals surface area contributed by atoms with Crippen molar-refractivity contribution in [2.45, 2.75) is 0 Å². The topological polar surface area (TPSA) is 87.5 Å². The molecule has 0 saturated carbocycles. The molecule has 2 amide bonds. The van der Waals surface area contributed by atoms with Gasteiger partial charge in [0.2, 0.25) is 0 Å². The Hall–Kier alpha value is -5.02. The Morgan fingerprint density at radius 1 is 0.735 bits per heavy atom. The molecule has 5 rings (SSSR count). The quantitative estimate of drug-likeness (QED) is 0.305. The van der Waals surface area contributed by atoms with E-state index in [1.165, 1.54) is 12.1 Å². The Kier molecular flexibility index (Phi) is 5.21. The second kappa shape index (κ2) is 8.49. The van der Waals surface area contributed by atoms with E-state index in [9.17, 15) is 14.4 Å². The standard InChI is InChI=1S/C28H16N2O4/c29-17-18-10-13-21(14-11-18)34-25-9-5-4-8-24(25)30-27(32)22-15-12-20(16-23(22)28(30)33)26(31)19-6-2-1-3-7-19/h1-16H. The fraction of sp³-hybridized carbons (Fsp3) is 0. The number of rotatable bonds is 5. The minimum Gasteiger partial charge on any atom is -0.455 e. The molecule has 0 aliphatic carbocycles. The number of carbonyl (C=O) groups excluding carboxylic acids is 3. The Bertz CT molecular complexity index is 1490. The third-order valence-electron chi connectivity index (χ3n) is 5.50. The average molecular weight is 444 g/mol. The van der Waals surface area contributed by atoms with E-state index in [2.05, 4.69) is 0 Å². The third kappa shape index (κ3) is 3.61. The first-order chi connectivity index (χ1) is 16.6. The van der Waals surface area contributed by atoms with Crippen LogP contribution >= 0.6 is 0 Å². The van der Waals surface area contributed by atoms with Crippen LogP contribution in [0.15, 0.2) is 97.1 Å². The molecule has 0 unspecified atom stereocenters. The summed E-state index contributed by atoms with van der Waals surface area (Å²) < 4.78 is 5.93. The van der Waals surface area contributed by atoms with Crippen molar-refractivity contribution in [2.75, 3.05) is 4.90 Å². The first kappa shape index (κ1) is 20.9. The zero-order valence-electron chi connectivity index (χ0n) is 17.8. The fourth-order valence-electron chi connectivity index (χ4n) is 3.81. The molecule has 1 aliphatic rings. The molecule has 6 nitrogen and oxygen atoms in total. The third-order valence-corrected chi connectivity index (χ3v) is 5.50. The highest BCUT2D eigenvalue weighted by atomic mass is 16.5. The fourth-order valence-corrected chi connectivity index (χ4v) is 3.81. The van der Waals surface area contributed by atoms with E-state index in [0.29, 0.717) is 28.2 Å². The Morgan fingerprint density at radius 3 is 2.15 bits per heavy atom. The van der Waals surface area contributed by atoms with Gasteiger partial charge in [-0.2, -0.15) is 5.26 Å². The number of ketones is 1. The Balaban J connectivity index is 1.48. The van der Waals surface area contributed by atoms with Gasteiger partial charge in [-0.15, -0.1) is 0 Å². The summed E-state index contributed by atoms with van der Waals surface area (Å²) in [5.74, 6) is -0.485. The van der Waals surface area contributed by atoms with Gasteiger partial charge in [0.05, 0.1) is 28.4 Å². The number of benzene rings is 4. The summed E-state index contributed by atoms with van der Waals surface area (Å²) in [5.41, 5.74) is 1.99. The summed E-state index contributed by atoms with van der Waals surface area (Å²) in [7, 11) is 0. The van der Waals surface area contributed by atoms with Crippen molar-refractivity contribution in [2.24, 2.45) is 0 Å². The van der Waals surface area contributed by atoms with Gasteiger partial charge in [-0.1, -0.05) is 48.5 Å². The number of ether oxygens (including phenoxy) is 1. The van der Waals surface area contributed by atoms with E-state index >= 15 is 0 Å². The van der Waals surface area contributed by atoms with E-state index in [1.807, 2.05) is 12.1 Å². The van der Waals surface area contributed by atoms with Crippen LogP contribution in [-0.2, 0) is 0 Å². The van der Waals surface area contributed by atoms with Crippen molar-refractivity contribution >= 4 is 23.3 Å². The molecule has 34 heavy (non-hydrogen) atoms. The van der Waals surface area contributed by atoms with Gasteiger partial charge in [0.25, 0.3) is 11.8 Å². The summed E-state index contributed by atoms with van der Waals surface area (Å²) in [5, 5.41) is 8.98. The lowest BCUT2D eigenvalue weighted by Crippen LogP contribution is -2.29. The second-order valence-corrected chi connectivity index (χ2v) is 7.61. The van der Waals surface area contributed by atoms with Gasteiger partial charge < -0.3 is 4.74 Å². The number of fused-ring (bicyclic) bond motifs is 1. The average Bonchev–Trinajstić information content (AvgIpc) is 3.14. The molecular weight excluding hydrogens is 428 g/mol. The molecule has 0 radical (unpaired) electrons. The molecule has 0 saturated heterocycles. The smallest absolute Gasteiger partial charge is 0.266 e. The van der Waals surface area contributed by atoms with Gasteiger partial charge >= 0.3 is 0 Å². The van der Waals surface area contributed by atoms with Crippen LogP contribution in [0.2, 0.25) is 0 Å². The first-order valence-corrected chi connectivity index (χ1v) is 10.5. The van der Waals surface area contributed by atoms with Gasteiger partial charge in [-0.05, 0) is 48.5 Å². The van der Waals surface area contributed by atoms with Crippen LogP contribution in [0.3, 0.4) is 0 Å². The monoisotopic (exact) mass is 444 g/mol. The molecule has 6 heteroatoms. The first-order valence-electron chi connectivity index (χ1n) is 10.5. The molecule has 4 aromatic carbocycles. The molecule has 162 valence electrons. The van der Waals surface area contributed by atoms with Crippen LogP contribution in [0.1, 0.15) is 42.2 Å². The maximum atomic E-state index is 13.3. The molecule has 1 heterocycles. The number of imide groups is 1. The zero-order chi connectivity index (χ0) is 23.7. The lowest BCUT2D eigenvalue weighted by molar-refractivity contribution is 0.0924. The number of carbonyl (C=O) groups is 3. The molecule has 0 N–H and O–H groups in total. The summed E-state index contributed by atoms with van der Waals surface area (Å²) in [6.07, 6.45) is 0. The Morgan fingerprint density at radius 2 is 1.41 bits per heavy atom. The van der Waals surface area contributed by atoms with Crippen LogP contribution in [0, 0.1) is 11.3 Å². The van der Waals surface area contributed by atoms with Crippen LogP contribution < -0.4 is 9.64 Å². The van der Waals surface area contributed by atoms with Crippen molar-refractivity contribution in [3.8, 4) is 17.6 Å². The van der Waals surface area contributed by atoms with Crippen molar-refractivity contribution < 1.29 is 19.1 Å². The molecule has 0 aromatic heterocycles. The van der Waals surface area contributed by atoms with Crippen LogP contribution in [-0.4, -0.2) is 17.6 Å². The van der Waals surface area contributed by atoms with Gasteiger partial charge in [-0.3, -0.25) is 14.4 Å². The lowest BCUT2D eigenvalue weighted by Gasteiger charge is -2.18. The normalized spacial score (nSPS) is 12.3. The predicted molar refractivity (Wildman–Crippen MR) is 125 cm³/mol. The van der Waals surface area contributed by atoms with E-state index < -0.39 is 11.8 Å². The zero-order valence-corrected chi connectivity index (χ0v) is 17.8. The van der Waals surface area contributed by atoms with Gasteiger partial charge in [-0.25, -0.2) is 4.90 Å². The van der Waals surface area contributed by atoms with Gasteiger partial charge in [0.1, 0.15) is 5.75 Å². The molecule has 0 spiro atoms. The van der Waals surface area contributed by atoms with E-state index in [4.69, 9.17) is 10.00 Å². The molecule has 0 atom stereocenters. The number of nitriles is 1. The van der Waals surface area contributed by atoms with Crippen molar-refractivity contribution in [1.29, 1.82) is 5.26 Å². The second-order valence-electron chi connectivity index (χ2n) is 7.61. The van der Waals surface area contributed by atoms with E-state index in [0.717, 1.165) is 4.90 Å². The maximum absolute atomic E-state index is 13.3. The van der Waals surface area contributed by atoms with Crippen LogP contribution in [0.4, 0.5) is 5.69 Å². The molecule has 4 aromatic rings. The number of anilines is 1. The van der Waals surface area contributed by atoms with Crippen molar-refractivity contribution in [1.82, 2.24) is 0 Å². The number of hydrogen-bond acceptors (Lipinski definition) is 5. The van der Waals surface area contributed by atoms with E-state index in [-0.39, 0.29) is 22.6 Å². The number of hydrogen-bond donors (Lipinski definition) is 0. The highest BCUT2D eigenvalue weighted by molar-refractivity contribution is 6.35. The van der Waals surface area contributed by atoms with Gasteiger partial charge in [0, 0.05) is 11.1 Å². The molecule has 1 aliphatic heterocycles. The molecular formula is C28H16N2O4. The minimum absolute atomic E-state index is 0.167. The van der Waals surface area contributed by atoms with Gasteiger partial charge in [0.15, 0.2) is 11.5 Å². The lowest BCUT2D eigenvalue weighted by atomic mass is 9.99. The number of amides is 2. The van der Waals surface area contributed by atoms with E-state index in [1.54, 1.807) is 78.9 Å². The highest BCUT2D eigenvalue weighted by Crippen LogP contribution is 2.37. The summed E-state index contributed by atoms with van der Waals surface area (Å²) in [6.45, 7) is 0. The summed E-state index contributed by atoms with van der Waals surface area (Å²) in [6, 6.07) is 28.5. The largest absolute Gasteiger partial charge is 0.455 e. The molecule has 0 bridgehead atoms. The maximum Gasteiger partial charge on any atom is 0.266 e. The van der Waals surface area contributed by atoms with Crippen molar-refractivity contribution in [3.05, 3.63) is 125 Å². The minimum atomic E-state index is -0.529. The summed E-state index contributed by atoms with van der Waals surface area (Å²) >= 11 is 0. The number of para-hydroxylation sites is 2. The van der Waals surface area contributed by atoms with Crippen molar-refractivity contribution in [3.63, 3.8) is 0 Å². The van der Waals surface area contributed by atoms with Crippen LogP contribution in [0.25, 0.3) is 0 Å². The molecule has 0 fully saturated rings. The Labute approximate surface area is 195 Å². The highest BCUT2D eigenvalue weighted by Gasteiger charge is 2.38. The predicted octanol–water partition coefficient (Wildman–Crippen LogP) is 5.38. The number of nitrogens with zero attached hydrogens (tertiary/aromatic N) is 2. The SMILES string of the molecule is N#Cc1ccc(Oc2ccccc2N2C(=O)c3ccc(C(=O)c4ccccc4)cc3C2=O)cc1. The van der Waals surface area contributed by atoms with Crippen LogP contribution in [0.5, 0.6) is 11.5 Å². The summed E-state index contributed by atoms with van der Waals surface area (Å²) in [4.78, 5) is 40.4.